The highest BCUT2D eigenvalue weighted by Gasteiger charge is 2.27. The minimum absolute atomic E-state index is 0.0924. The maximum absolute atomic E-state index is 13.5. The Kier molecular flexibility index (Phi) is 9.44. The van der Waals surface area contributed by atoms with Gasteiger partial charge in [-0.2, -0.15) is 4.31 Å². The van der Waals surface area contributed by atoms with Crippen molar-refractivity contribution in [2.75, 3.05) is 30.5 Å². The number of rotatable bonds is 12. The fraction of sp³-hybridized carbons (Fsp3) is 0.219. The number of nitrogens with one attached hydrogen (secondary N) is 1. The average molecular weight is 620 g/mol. The zero-order valence-corrected chi connectivity index (χ0v) is 25.1. The molecule has 0 unspecified atom stereocenters. The van der Waals surface area contributed by atoms with Gasteiger partial charge in [0.25, 0.3) is 15.9 Å². The fourth-order valence-corrected chi connectivity index (χ4v) is 7.77. The zero-order chi connectivity index (χ0) is 30.3. The minimum Gasteiger partial charge on any atom is -0.492 e. The van der Waals surface area contributed by atoms with Crippen LogP contribution in [0.25, 0.3) is 0 Å². The number of nitrogens with zero attached hydrogens (tertiary/aromatic N) is 2. The number of amides is 1. The predicted molar refractivity (Wildman–Crippen MR) is 165 cm³/mol. The molecule has 1 fully saturated rings. The quantitative estimate of drug-likeness (QED) is 0.231. The number of sulfonamides is 2. The predicted octanol–water partition coefficient (Wildman–Crippen LogP) is 4.68. The van der Waals surface area contributed by atoms with Gasteiger partial charge in [0.15, 0.2) is 0 Å². The van der Waals surface area contributed by atoms with E-state index in [4.69, 9.17) is 4.74 Å². The van der Waals surface area contributed by atoms with Crippen molar-refractivity contribution >= 4 is 31.6 Å². The number of carbonyl (C=O) groups is 1. The van der Waals surface area contributed by atoms with Gasteiger partial charge in [-0.25, -0.2) is 16.8 Å². The molecule has 0 aliphatic carbocycles. The molecule has 0 bridgehead atoms. The number of anilines is 1. The van der Waals surface area contributed by atoms with E-state index >= 15 is 0 Å². The Labute approximate surface area is 252 Å². The molecule has 0 aromatic heterocycles. The van der Waals surface area contributed by atoms with Crippen molar-refractivity contribution in [3.05, 3.63) is 120 Å². The topological polar surface area (TPSA) is 113 Å². The number of hydrogen-bond donors (Lipinski definition) is 1. The molecular weight excluding hydrogens is 587 g/mol. The summed E-state index contributed by atoms with van der Waals surface area (Å²) in [6, 6.07) is 30.2. The smallest absolute Gasteiger partial charge is 0.264 e. The van der Waals surface area contributed by atoms with Crippen molar-refractivity contribution < 1.29 is 26.4 Å². The van der Waals surface area contributed by atoms with Crippen LogP contribution in [0.15, 0.2) is 119 Å². The molecule has 43 heavy (non-hydrogen) atoms. The van der Waals surface area contributed by atoms with Crippen molar-refractivity contribution in [1.29, 1.82) is 0 Å². The Bertz CT molecular complexity index is 1720. The number of benzene rings is 4. The highest BCUT2D eigenvalue weighted by atomic mass is 32.2. The van der Waals surface area contributed by atoms with Gasteiger partial charge in [-0.1, -0.05) is 48.5 Å². The van der Waals surface area contributed by atoms with E-state index in [2.05, 4.69) is 5.32 Å². The molecule has 9 nitrogen and oxygen atoms in total. The van der Waals surface area contributed by atoms with E-state index in [9.17, 15) is 21.6 Å². The Morgan fingerprint density at radius 2 is 1.35 bits per heavy atom. The van der Waals surface area contributed by atoms with Crippen molar-refractivity contribution in [1.82, 2.24) is 9.62 Å². The number of ether oxygens (including phenoxy) is 1. The molecule has 1 saturated heterocycles. The Hall–Kier alpha value is -4.19. The van der Waals surface area contributed by atoms with E-state index in [0.29, 0.717) is 30.1 Å². The van der Waals surface area contributed by atoms with Crippen LogP contribution in [0.1, 0.15) is 28.8 Å². The van der Waals surface area contributed by atoms with Gasteiger partial charge in [0, 0.05) is 18.7 Å². The third-order valence-corrected chi connectivity index (χ3v) is 10.8. The van der Waals surface area contributed by atoms with Crippen molar-refractivity contribution in [3.63, 3.8) is 0 Å². The zero-order valence-electron chi connectivity index (χ0n) is 23.5. The second-order valence-corrected chi connectivity index (χ2v) is 13.8. The molecule has 11 heteroatoms. The van der Waals surface area contributed by atoms with E-state index < -0.39 is 20.0 Å². The fourth-order valence-electron chi connectivity index (χ4n) is 4.78. The molecule has 4 aromatic rings. The first-order valence-electron chi connectivity index (χ1n) is 14.0. The SMILES string of the molecule is O=C(NCCOc1ccc(S(=O)(=O)N2CCCC2)cc1)c1ccc(CN(c2ccccc2)S(=O)(=O)c2ccccc2)cc1. The summed E-state index contributed by atoms with van der Waals surface area (Å²) >= 11 is 0. The van der Waals surface area contributed by atoms with E-state index in [-0.39, 0.29) is 35.4 Å². The summed E-state index contributed by atoms with van der Waals surface area (Å²) in [6.45, 7) is 1.63. The molecule has 0 spiro atoms. The van der Waals surface area contributed by atoms with E-state index in [1.807, 2.05) is 6.07 Å². The highest BCUT2D eigenvalue weighted by molar-refractivity contribution is 7.92. The van der Waals surface area contributed by atoms with E-state index in [1.54, 1.807) is 91.0 Å². The largest absolute Gasteiger partial charge is 0.492 e. The summed E-state index contributed by atoms with van der Waals surface area (Å²) < 4.78 is 60.8. The van der Waals surface area contributed by atoms with Crippen LogP contribution in [-0.2, 0) is 26.6 Å². The normalized spacial score (nSPS) is 13.9. The lowest BCUT2D eigenvalue weighted by molar-refractivity contribution is 0.0947. The van der Waals surface area contributed by atoms with Crippen molar-refractivity contribution in [2.45, 2.75) is 29.2 Å². The second-order valence-electron chi connectivity index (χ2n) is 10.0. The summed E-state index contributed by atoms with van der Waals surface area (Å²) in [5.41, 5.74) is 1.69. The van der Waals surface area contributed by atoms with Gasteiger partial charge in [-0.3, -0.25) is 9.10 Å². The Balaban J connectivity index is 1.16. The standard InChI is InChI=1S/C32H33N3O6S2/c36-32(33-21-24-41-29-17-19-31(20-18-29)42(37,38)34-22-7-8-23-34)27-15-13-26(14-16-27)25-35(28-9-3-1-4-10-28)43(39,40)30-11-5-2-6-12-30/h1-6,9-20H,7-8,21-25H2,(H,33,36). The van der Waals surface area contributed by atoms with Crippen LogP contribution in [0.3, 0.4) is 0 Å². The van der Waals surface area contributed by atoms with Gasteiger partial charge in [-0.05, 0) is 79.1 Å². The maximum atomic E-state index is 13.5. The minimum atomic E-state index is -3.82. The molecular formula is C32H33N3O6S2. The molecule has 0 radical (unpaired) electrons. The van der Waals surface area contributed by atoms with Gasteiger partial charge in [0.1, 0.15) is 12.4 Å². The number of hydrogen-bond acceptors (Lipinski definition) is 6. The van der Waals surface area contributed by atoms with E-state index in [1.165, 1.54) is 20.7 Å². The molecule has 4 aromatic carbocycles. The van der Waals surface area contributed by atoms with Crippen LogP contribution < -0.4 is 14.4 Å². The second kappa shape index (κ2) is 13.4. The summed E-state index contributed by atoms with van der Waals surface area (Å²) in [7, 11) is -7.30. The van der Waals surface area contributed by atoms with Crippen LogP contribution in [-0.4, -0.2) is 53.3 Å². The lowest BCUT2D eigenvalue weighted by atomic mass is 10.1. The van der Waals surface area contributed by atoms with E-state index in [0.717, 1.165) is 18.4 Å². The molecule has 0 saturated carbocycles. The molecule has 0 atom stereocenters. The lowest BCUT2D eigenvalue weighted by Crippen LogP contribution is -2.30. The molecule has 1 N–H and O–H groups in total. The van der Waals surface area contributed by atoms with Gasteiger partial charge in [0.05, 0.1) is 28.6 Å². The van der Waals surface area contributed by atoms with Crippen LogP contribution >= 0.6 is 0 Å². The highest BCUT2D eigenvalue weighted by Crippen LogP contribution is 2.26. The van der Waals surface area contributed by atoms with Gasteiger partial charge < -0.3 is 10.1 Å². The monoisotopic (exact) mass is 619 g/mol. The first-order valence-corrected chi connectivity index (χ1v) is 16.9. The number of para-hydroxylation sites is 1. The summed E-state index contributed by atoms with van der Waals surface area (Å²) in [4.78, 5) is 13.1. The third-order valence-electron chi connectivity index (χ3n) is 7.10. The Morgan fingerprint density at radius 3 is 1.98 bits per heavy atom. The number of carbonyl (C=O) groups excluding carboxylic acids is 1. The van der Waals surface area contributed by atoms with Crippen LogP contribution in [0.5, 0.6) is 5.75 Å². The van der Waals surface area contributed by atoms with Crippen LogP contribution in [0.2, 0.25) is 0 Å². The molecule has 1 amide bonds. The first kappa shape index (κ1) is 30.3. The molecule has 1 aliphatic heterocycles. The average Bonchev–Trinajstić information content (AvgIpc) is 3.60. The molecule has 224 valence electrons. The molecule has 1 heterocycles. The summed E-state index contributed by atoms with van der Waals surface area (Å²) in [5, 5.41) is 2.80. The van der Waals surface area contributed by atoms with Crippen molar-refractivity contribution in [3.8, 4) is 5.75 Å². The third kappa shape index (κ3) is 7.24. The van der Waals surface area contributed by atoms with Crippen molar-refractivity contribution in [2.24, 2.45) is 0 Å². The molecule has 5 rings (SSSR count). The van der Waals surface area contributed by atoms with Gasteiger partial charge >= 0.3 is 0 Å². The van der Waals surface area contributed by atoms with Crippen LogP contribution in [0.4, 0.5) is 5.69 Å². The maximum Gasteiger partial charge on any atom is 0.264 e. The molecule has 1 aliphatic rings. The Morgan fingerprint density at radius 1 is 0.744 bits per heavy atom. The van der Waals surface area contributed by atoms with Crippen LogP contribution in [0, 0.1) is 0 Å². The van der Waals surface area contributed by atoms with Gasteiger partial charge in [-0.15, -0.1) is 0 Å². The summed E-state index contributed by atoms with van der Waals surface area (Å²) in [5.74, 6) is 0.214. The van der Waals surface area contributed by atoms with Gasteiger partial charge in [0.2, 0.25) is 10.0 Å². The summed E-state index contributed by atoms with van der Waals surface area (Å²) in [6.07, 6.45) is 1.75. The lowest BCUT2D eigenvalue weighted by Gasteiger charge is -2.25. The first-order chi connectivity index (χ1) is 20.7.